The lowest BCUT2D eigenvalue weighted by molar-refractivity contribution is 0.0946. The number of aromatic nitrogens is 3. The summed E-state index contributed by atoms with van der Waals surface area (Å²) in [5, 5.41) is 2.85. The van der Waals surface area contributed by atoms with E-state index in [0.29, 0.717) is 29.4 Å². The van der Waals surface area contributed by atoms with Crippen LogP contribution in [0.25, 0.3) is 22.8 Å². The summed E-state index contributed by atoms with van der Waals surface area (Å²) in [5.41, 5.74) is 3.89. The highest BCUT2D eigenvalue weighted by Gasteiger charge is 2.20. The second kappa shape index (κ2) is 6.51. The van der Waals surface area contributed by atoms with Crippen LogP contribution in [0.5, 0.6) is 11.5 Å². The van der Waals surface area contributed by atoms with Gasteiger partial charge in [-0.2, -0.15) is 0 Å². The fourth-order valence-electron chi connectivity index (χ4n) is 3.05. The highest BCUT2D eigenvalue weighted by molar-refractivity contribution is 5.97. The summed E-state index contributed by atoms with van der Waals surface area (Å²) in [5.74, 6) is 1.82. The minimum absolute atomic E-state index is 0.0557. The Kier molecular flexibility index (Phi) is 4.04. The number of amides is 1. The summed E-state index contributed by atoms with van der Waals surface area (Å²) < 4.78 is 10.7. The number of ether oxygens (including phenoxy) is 2. The van der Waals surface area contributed by atoms with Crippen molar-refractivity contribution in [3.05, 3.63) is 47.8 Å². The molecule has 26 heavy (non-hydrogen) atoms. The number of methoxy groups -OCH3 is 2. The van der Waals surface area contributed by atoms with Gasteiger partial charge in [-0.25, -0.2) is 9.97 Å². The number of carbonyl (C=O) groups is 1. The molecular formula is C19H18N4O3. The van der Waals surface area contributed by atoms with Crippen molar-refractivity contribution in [3.63, 3.8) is 0 Å². The number of aromatic amines is 1. The van der Waals surface area contributed by atoms with Crippen LogP contribution in [0.15, 0.2) is 36.5 Å². The standard InChI is InChI=1S/C19H18N4O3/c1-25-11-3-4-12(17(9-11)26-2)18-20-7-6-15(23-18)16-10-13-14(22-16)5-8-21-19(13)24/h3-4,6-7,9-10,22H,5,8H2,1-2H3,(H,21,24). The monoisotopic (exact) mass is 350 g/mol. The topological polar surface area (TPSA) is 89.1 Å². The molecule has 0 bridgehead atoms. The van der Waals surface area contributed by atoms with E-state index in [2.05, 4.69) is 20.3 Å². The lowest BCUT2D eigenvalue weighted by Crippen LogP contribution is -2.31. The normalized spacial score (nSPS) is 13.1. The maximum atomic E-state index is 12.0. The molecule has 7 nitrogen and oxygen atoms in total. The molecule has 2 aromatic heterocycles. The minimum atomic E-state index is -0.0557. The first kappa shape index (κ1) is 16.1. The molecule has 0 spiro atoms. The molecule has 0 aliphatic carbocycles. The van der Waals surface area contributed by atoms with E-state index in [0.717, 1.165) is 29.1 Å². The Morgan fingerprint density at radius 3 is 2.73 bits per heavy atom. The van der Waals surface area contributed by atoms with Gasteiger partial charge in [0, 0.05) is 30.9 Å². The van der Waals surface area contributed by atoms with E-state index >= 15 is 0 Å². The second-order valence-electron chi connectivity index (χ2n) is 5.91. The van der Waals surface area contributed by atoms with E-state index in [1.165, 1.54) is 0 Å². The van der Waals surface area contributed by atoms with Crippen molar-refractivity contribution in [2.24, 2.45) is 0 Å². The summed E-state index contributed by atoms with van der Waals surface area (Å²) >= 11 is 0. The molecule has 0 unspecified atom stereocenters. The van der Waals surface area contributed by atoms with Crippen LogP contribution in [0, 0.1) is 0 Å². The minimum Gasteiger partial charge on any atom is -0.497 e. The lowest BCUT2D eigenvalue weighted by Gasteiger charge is -2.11. The van der Waals surface area contributed by atoms with Crippen LogP contribution < -0.4 is 14.8 Å². The quantitative estimate of drug-likeness (QED) is 0.754. The second-order valence-corrected chi connectivity index (χ2v) is 5.91. The molecule has 1 aliphatic heterocycles. The Hall–Kier alpha value is -3.35. The molecule has 4 rings (SSSR count). The van der Waals surface area contributed by atoms with Gasteiger partial charge in [0.05, 0.1) is 36.7 Å². The SMILES string of the molecule is COc1ccc(-c2nccc(-c3cc4c([nH]3)CCNC4=O)n2)c(OC)c1. The number of H-pyrrole nitrogens is 1. The Bertz CT molecular complexity index is 981. The number of hydrogen-bond donors (Lipinski definition) is 2. The molecule has 1 aromatic carbocycles. The fraction of sp³-hybridized carbons (Fsp3) is 0.211. The zero-order valence-corrected chi connectivity index (χ0v) is 14.5. The number of rotatable bonds is 4. The summed E-state index contributed by atoms with van der Waals surface area (Å²) in [6.07, 6.45) is 2.48. The molecule has 3 heterocycles. The summed E-state index contributed by atoms with van der Waals surface area (Å²) in [4.78, 5) is 24.3. The van der Waals surface area contributed by atoms with Gasteiger partial charge in [0.2, 0.25) is 0 Å². The molecule has 7 heteroatoms. The number of hydrogen-bond acceptors (Lipinski definition) is 5. The first-order valence-electron chi connectivity index (χ1n) is 8.25. The predicted molar refractivity (Wildman–Crippen MR) is 96.4 cm³/mol. The first-order valence-corrected chi connectivity index (χ1v) is 8.25. The highest BCUT2D eigenvalue weighted by atomic mass is 16.5. The molecule has 0 saturated heterocycles. The van der Waals surface area contributed by atoms with E-state index in [9.17, 15) is 4.79 Å². The Morgan fingerprint density at radius 1 is 1.08 bits per heavy atom. The summed E-state index contributed by atoms with van der Waals surface area (Å²) in [7, 11) is 3.20. The third-order valence-corrected chi connectivity index (χ3v) is 4.39. The predicted octanol–water partition coefficient (Wildman–Crippen LogP) is 2.44. The van der Waals surface area contributed by atoms with Crippen molar-refractivity contribution < 1.29 is 14.3 Å². The van der Waals surface area contributed by atoms with Gasteiger partial charge in [-0.3, -0.25) is 4.79 Å². The van der Waals surface area contributed by atoms with Gasteiger partial charge in [0.25, 0.3) is 5.91 Å². The van der Waals surface area contributed by atoms with Crippen LogP contribution in [0.1, 0.15) is 16.1 Å². The van der Waals surface area contributed by atoms with E-state index < -0.39 is 0 Å². The largest absolute Gasteiger partial charge is 0.497 e. The molecule has 1 aliphatic rings. The number of nitrogens with one attached hydrogen (secondary N) is 2. The maximum Gasteiger partial charge on any atom is 0.253 e. The average molecular weight is 350 g/mol. The zero-order chi connectivity index (χ0) is 18.1. The summed E-state index contributed by atoms with van der Waals surface area (Å²) in [6.45, 7) is 0.643. The molecular weight excluding hydrogens is 332 g/mol. The Morgan fingerprint density at radius 2 is 1.96 bits per heavy atom. The van der Waals surface area contributed by atoms with Crippen LogP contribution in [-0.2, 0) is 6.42 Å². The zero-order valence-electron chi connectivity index (χ0n) is 14.5. The molecule has 3 aromatic rings. The number of benzene rings is 1. The van der Waals surface area contributed by atoms with Gasteiger partial charge < -0.3 is 19.8 Å². The van der Waals surface area contributed by atoms with Crippen molar-refractivity contribution >= 4 is 5.91 Å². The van der Waals surface area contributed by atoms with Gasteiger partial charge in [-0.15, -0.1) is 0 Å². The third-order valence-electron chi connectivity index (χ3n) is 4.39. The molecule has 0 saturated carbocycles. The van der Waals surface area contributed by atoms with Crippen LogP contribution in [0.3, 0.4) is 0 Å². The van der Waals surface area contributed by atoms with E-state index in [4.69, 9.17) is 9.47 Å². The van der Waals surface area contributed by atoms with Gasteiger partial charge >= 0.3 is 0 Å². The van der Waals surface area contributed by atoms with Crippen molar-refractivity contribution in [1.82, 2.24) is 20.3 Å². The van der Waals surface area contributed by atoms with Crippen LogP contribution in [0.4, 0.5) is 0 Å². The molecule has 132 valence electrons. The third kappa shape index (κ3) is 2.77. The Labute approximate surface area is 150 Å². The number of fused-ring (bicyclic) bond motifs is 1. The summed E-state index contributed by atoms with van der Waals surface area (Å²) in [6, 6.07) is 9.15. The van der Waals surface area contributed by atoms with Crippen molar-refractivity contribution in [2.75, 3.05) is 20.8 Å². The molecule has 0 fully saturated rings. The smallest absolute Gasteiger partial charge is 0.253 e. The van der Waals surface area contributed by atoms with Crippen LogP contribution in [-0.4, -0.2) is 41.6 Å². The van der Waals surface area contributed by atoms with Gasteiger partial charge in [-0.1, -0.05) is 0 Å². The van der Waals surface area contributed by atoms with Gasteiger partial charge in [0.15, 0.2) is 5.82 Å². The van der Waals surface area contributed by atoms with E-state index in [-0.39, 0.29) is 5.91 Å². The average Bonchev–Trinajstić information content (AvgIpc) is 3.13. The maximum absolute atomic E-state index is 12.0. The van der Waals surface area contributed by atoms with Gasteiger partial charge in [0.1, 0.15) is 11.5 Å². The molecule has 1 amide bonds. The van der Waals surface area contributed by atoms with Crippen molar-refractivity contribution in [3.8, 4) is 34.3 Å². The van der Waals surface area contributed by atoms with Crippen LogP contribution in [0.2, 0.25) is 0 Å². The fourth-order valence-corrected chi connectivity index (χ4v) is 3.05. The Balaban J connectivity index is 1.75. The number of carbonyl (C=O) groups excluding carboxylic acids is 1. The molecule has 0 radical (unpaired) electrons. The van der Waals surface area contributed by atoms with Crippen LogP contribution >= 0.6 is 0 Å². The van der Waals surface area contributed by atoms with Gasteiger partial charge in [-0.05, 0) is 24.3 Å². The number of nitrogens with zero attached hydrogens (tertiary/aromatic N) is 2. The first-order chi connectivity index (χ1) is 12.7. The highest BCUT2D eigenvalue weighted by Crippen LogP contribution is 2.32. The van der Waals surface area contributed by atoms with E-state index in [1.807, 2.05) is 24.3 Å². The van der Waals surface area contributed by atoms with Crippen molar-refractivity contribution in [1.29, 1.82) is 0 Å². The molecule has 0 atom stereocenters. The lowest BCUT2D eigenvalue weighted by atomic mass is 10.1. The van der Waals surface area contributed by atoms with Crippen molar-refractivity contribution in [2.45, 2.75) is 6.42 Å². The molecule has 2 N–H and O–H groups in total. The van der Waals surface area contributed by atoms with E-state index in [1.54, 1.807) is 26.5 Å².